The zero-order valence-electron chi connectivity index (χ0n) is 14.2. The number of nitrogens with zero attached hydrogens (tertiary/aromatic N) is 2. The highest BCUT2D eigenvalue weighted by atomic mass is 16.5. The number of benzene rings is 1. The van der Waals surface area contributed by atoms with Gasteiger partial charge in [0.15, 0.2) is 0 Å². The van der Waals surface area contributed by atoms with Crippen LogP contribution in [-0.2, 0) is 0 Å². The van der Waals surface area contributed by atoms with Crippen molar-refractivity contribution in [2.45, 2.75) is 24.9 Å². The molecule has 5 atom stereocenters. The normalized spacial score (nSPS) is 30.2. The monoisotopic (exact) mass is 323 g/mol. The van der Waals surface area contributed by atoms with Crippen LogP contribution in [0, 0.1) is 11.8 Å². The van der Waals surface area contributed by atoms with E-state index in [4.69, 9.17) is 10.5 Å². The molecule has 0 spiro atoms. The van der Waals surface area contributed by atoms with Crippen LogP contribution in [0.2, 0.25) is 0 Å². The summed E-state index contributed by atoms with van der Waals surface area (Å²) in [5, 5.41) is 1.10. The van der Waals surface area contributed by atoms with E-state index in [0.717, 1.165) is 42.1 Å². The third-order valence-electron chi connectivity index (χ3n) is 5.91. The lowest BCUT2D eigenvalue weighted by Crippen LogP contribution is -2.56. The summed E-state index contributed by atoms with van der Waals surface area (Å²) < 4.78 is 5.39. The van der Waals surface area contributed by atoms with Gasteiger partial charge in [-0.1, -0.05) is 6.08 Å². The molecule has 2 bridgehead atoms. The van der Waals surface area contributed by atoms with Crippen molar-refractivity contribution >= 4 is 10.9 Å². The molecule has 3 saturated heterocycles. The molecule has 126 valence electrons. The van der Waals surface area contributed by atoms with Gasteiger partial charge in [-0.25, -0.2) is 0 Å². The average Bonchev–Trinajstić information content (AvgIpc) is 2.66. The SMILES string of the molecule is C=CC1CN2CC[C@H]1C[C@@H]2[C@H](N)c1ccnc2ccc(OC)cc12. The van der Waals surface area contributed by atoms with Crippen molar-refractivity contribution in [1.82, 2.24) is 9.88 Å². The second-order valence-corrected chi connectivity index (χ2v) is 7.06. The molecular formula is C20H25N3O. The molecule has 0 radical (unpaired) electrons. The highest BCUT2D eigenvalue weighted by Gasteiger charge is 2.41. The van der Waals surface area contributed by atoms with Crippen molar-refractivity contribution in [1.29, 1.82) is 0 Å². The molecule has 4 nitrogen and oxygen atoms in total. The second kappa shape index (κ2) is 6.19. The molecule has 24 heavy (non-hydrogen) atoms. The molecule has 1 aromatic heterocycles. The van der Waals surface area contributed by atoms with Gasteiger partial charge in [0, 0.05) is 30.2 Å². The fourth-order valence-corrected chi connectivity index (χ4v) is 4.52. The number of hydrogen-bond donors (Lipinski definition) is 1. The van der Waals surface area contributed by atoms with Crippen molar-refractivity contribution in [2.75, 3.05) is 20.2 Å². The number of rotatable bonds is 4. The summed E-state index contributed by atoms with van der Waals surface area (Å²) in [4.78, 5) is 7.04. The zero-order valence-corrected chi connectivity index (χ0v) is 14.2. The molecule has 0 saturated carbocycles. The lowest BCUT2D eigenvalue weighted by molar-refractivity contribution is 0.00749. The molecule has 0 amide bonds. The summed E-state index contributed by atoms with van der Waals surface area (Å²) in [6.45, 7) is 6.26. The van der Waals surface area contributed by atoms with Crippen molar-refractivity contribution in [3.63, 3.8) is 0 Å². The Labute approximate surface area is 143 Å². The number of hydrogen-bond acceptors (Lipinski definition) is 4. The maximum atomic E-state index is 6.76. The molecular weight excluding hydrogens is 298 g/mol. The molecule has 1 aromatic carbocycles. The quantitative estimate of drug-likeness (QED) is 0.878. The molecule has 4 heterocycles. The van der Waals surface area contributed by atoms with Crippen LogP contribution >= 0.6 is 0 Å². The van der Waals surface area contributed by atoms with Crippen molar-refractivity contribution in [3.8, 4) is 5.75 Å². The van der Waals surface area contributed by atoms with Crippen molar-refractivity contribution < 1.29 is 4.74 Å². The molecule has 4 heteroatoms. The van der Waals surface area contributed by atoms with E-state index in [0.29, 0.717) is 12.0 Å². The van der Waals surface area contributed by atoms with E-state index in [1.807, 2.05) is 18.3 Å². The van der Waals surface area contributed by atoms with Gasteiger partial charge in [-0.15, -0.1) is 6.58 Å². The molecule has 3 aliphatic heterocycles. The van der Waals surface area contributed by atoms with Gasteiger partial charge in [-0.05, 0) is 61.1 Å². The summed E-state index contributed by atoms with van der Waals surface area (Å²) in [5.74, 6) is 2.20. The number of ether oxygens (including phenoxy) is 1. The summed E-state index contributed by atoms with van der Waals surface area (Å²) in [6, 6.07) is 8.48. The van der Waals surface area contributed by atoms with Gasteiger partial charge in [-0.3, -0.25) is 9.88 Å². The predicted molar refractivity (Wildman–Crippen MR) is 97.0 cm³/mol. The van der Waals surface area contributed by atoms with Crippen LogP contribution in [0.4, 0.5) is 0 Å². The number of fused-ring (bicyclic) bond motifs is 4. The molecule has 2 unspecified atom stereocenters. The molecule has 5 rings (SSSR count). The summed E-state index contributed by atoms with van der Waals surface area (Å²) in [5.41, 5.74) is 8.91. The van der Waals surface area contributed by atoms with Crippen LogP contribution in [0.15, 0.2) is 43.1 Å². The summed E-state index contributed by atoms with van der Waals surface area (Å²) in [7, 11) is 1.69. The number of pyridine rings is 1. The van der Waals surface area contributed by atoms with E-state index >= 15 is 0 Å². The van der Waals surface area contributed by atoms with Crippen LogP contribution in [0.1, 0.15) is 24.4 Å². The molecule has 2 N–H and O–H groups in total. The lowest BCUT2D eigenvalue weighted by Gasteiger charge is -2.51. The van der Waals surface area contributed by atoms with E-state index in [2.05, 4.69) is 34.7 Å². The van der Waals surface area contributed by atoms with Gasteiger partial charge in [-0.2, -0.15) is 0 Å². The minimum Gasteiger partial charge on any atom is -0.497 e. The summed E-state index contributed by atoms with van der Waals surface area (Å²) in [6.07, 6.45) is 6.43. The van der Waals surface area contributed by atoms with Crippen LogP contribution < -0.4 is 10.5 Å². The molecule has 0 aliphatic carbocycles. The fraction of sp³-hybridized carbons (Fsp3) is 0.450. The standard InChI is InChI=1S/C20H25N3O/c1-3-13-12-23-9-7-14(13)10-19(23)20(21)16-6-8-22-18-5-4-15(24-2)11-17(16)18/h3-6,8,11,13-14,19-20H,1,7,9-10,12,21H2,2H3/t13?,14-,19+,20+/m0/s1. The smallest absolute Gasteiger partial charge is 0.119 e. The van der Waals surface area contributed by atoms with Crippen LogP contribution in [0.3, 0.4) is 0 Å². The minimum absolute atomic E-state index is 0.00354. The third-order valence-corrected chi connectivity index (χ3v) is 5.91. The Bertz CT molecular complexity index is 760. The number of nitrogens with two attached hydrogens (primary N) is 1. The van der Waals surface area contributed by atoms with E-state index in [-0.39, 0.29) is 6.04 Å². The Morgan fingerprint density at radius 1 is 1.42 bits per heavy atom. The van der Waals surface area contributed by atoms with Crippen LogP contribution in [-0.4, -0.2) is 36.1 Å². The van der Waals surface area contributed by atoms with Gasteiger partial charge in [0.2, 0.25) is 0 Å². The van der Waals surface area contributed by atoms with Gasteiger partial charge < -0.3 is 10.5 Å². The second-order valence-electron chi connectivity index (χ2n) is 7.06. The Kier molecular flexibility index (Phi) is 4.02. The summed E-state index contributed by atoms with van der Waals surface area (Å²) >= 11 is 0. The lowest BCUT2D eigenvalue weighted by atomic mass is 9.73. The first-order valence-corrected chi connectivity index (χ1v) is 8.76. The predicted octanol–water partition coefficient (Wildman–Crippen LogP) is 3.14. The topological polar surface area (TPSA) is 51.4 Å². The largest absolute Gasteiger partial charge is 0.497 e. The Morgan fingerprint density at radius 2 is 2.29 bits per heavy atom. The zero-order chi connectivity index (χ0) is 16.7. The van der Waals surface area contributed by atoms with Crippen molar-refractivity contribution in [3.05, 3.63) is 48.7 Å². The maximum Gasteiger partial charge on any atom is 0.119 e. The van der Waals surface area contributed by atoms with E-state index in [9.17, 15) is 0 Å². The average molecular weight is 323 g/mol. The Balaban J connectivity index is 1.69. The maximum absolute atomic E-state index is 6.76. The number of methoxy groups -OCH3 is 1. The Hall–Kier alpha value is -1.91. The highest BCUT2D eigenvalue weighted by molar-refractivity contribution is 5.84. The van der Waals surface area contributed by atoms with E-state index in [1.165, 1.54) is 12.0 Å². The van der Waals surface area contributed by atoms with Crippen molar-refractivity contribution in [2.24, 2.45) is 17.6 Å². The minimum atomic E-state index is -0.00354. The Morgan fingerprint density at radius 3 is 3.00 bits per heavy atom. The van der Waals surface area contributed by atoms with E-state index in [1.54, 1.807) is 7.11 Å². The third kappa shape index (κ3) is 2.50. The first-order valence-electron chi connectivity index (χ1n) is 8.76. The first-order chi connectivity index (χ1) is 11.7. The highest BCUT2D eigenvalue weighted by Crippen LogP contribution is 2.41. The number of piperidine rings is 3. The van der Waals surface area contributed by atoms with Gasteiger partial charge in [0.1, 0.15) is 5.75 Å². The van der Waals surface area contributed by atoms with Gasteiger partial charge in [0.05, 0.1) is 12.6 Å². The van der Waals surface area contributed by atoms with Crippen LogP contribution in [0.25, 0.3) is 10.9 Å². The first kappa shape index (κ1) is 15.6. The number of aromatic nitrogens is 1. The fourth-order valence-electron chi connectivity index (χ4n) is 4.52. The molecule has 2 aromatic rings. The van der Waals surface area contributed by atoms with Crippen LogP contribution in [0.5, 0.6) is 5.75 Å². The molecule has 3 aliphatic rings. The van der Waals surface area contributed by atoms with E-state index < -0.39 is 0 Å². The molecule has 3 fully saturated rings. The van der Waals surface area contributed by atoms with Gasteiger partial charge >= 0.3 is 0 Å². The van der Waals surface area contributed by atoms with Gasteiger partial charge in [0.25, 0.3) is 0 Å².